The highest BCUT2D eigenvalue weighted by molar-refractivity contribution is 5.83. The molecule has 1 aromatic carbocycles. The molecule has 4 heteroatoms. The summed E-state index contributed by atoms with van der Waals surface area (Å²) >= 11 is 0. The number of hydrogen-bond donors (Lipinski definition) is 1. The summed E-state index contributed by atoms with van der Waals surface area (Å²) in [5.74, 6) is 2.39. The quantitative estimate of drug-likeness (QED) is 0.803. The third kappa shape index (κ3) is 3.11. The molecule has 27 heavy (non-hydrogen) atoms. The van der Waals surface area contributed by atoms with E-state index in [9.17, 15) is 4.79 Å². The van der Waals surface area contributed by atoms with E-state index < -0.39 is 0 Å². The molecular weight excluding hydrogens is 338 g/mol. The van der Waals surface area contributed by atoms with Gasteiger partial charge in [-0.25, -0.2) is 0 Å². The fourth-order valence-corrected chi connectivity index (χ4v) is 7.26. The molecule has 4 aliphatic rings. The first kappa shape index (κ1) is 18.6. The lowest BCUT2D eigenvalue weighted by molar-refractivity contribution is -0.170. The lowest BCUT2D eigenvalue weighted by Gasteiger charge is -2.64. The van der Waals surface area contributed by atoms with Crippen LogP contribution in [-0.4, -0.2) is 20.1 Å². The molecule has 4 aliphatic carbocycles. The van der Waals surface area contributed by atoms with Crippen molar-refractivity contribution in [3.05, 3.63) is 23.8 Å². The van der Waals surface area contributed by atoms with Gasteiger partial charge >= 0.3 is 0 Å². The SMILES string of the molecule is COc1ccc(C(C)NC(=O)C23CC4CC(C)(CC(C)(C4)C2)C3)cc1OC. The summed E-state index contributed by atoms with van der Waals surface area (Å²) in [4.78, 5) is 13.5. The summed E-state index contributed by atoms with van der Waals surface area (Å²) < 4.78 is 10.7. The van der Waals surface area contributed by atoms with Crippen molar-refractivity contribution in [2.45, 2.75) is 65.3 Å². The molecule has 4 saturated carbocycles. The van der Waals surface area contributed by atoms with Crippen LogP contribution in [0.25, 0.3) is 0 Å². The molecule has 1 aromatic rings. The van der Waals surface area contributed by atoms with Crippen molar-refractivity contribution in [2.75, 3.05) is 14.2 Å². The minimum atomic E-state index is -0.173. The normalized spacial score (nSPS) is 37.7. The van der Waals surface area contributed by atoms with Gasteiger partial charge in [0, 0.05) is 0 Å². The molecule has 4 nitrogen and oxygen atoms in total. The molecule has 5 rings (SSSR count). The standard InChI is InChI=1S/C23H33NO3/c1-15(17-6-7-18(26-4)19(8-17)27-5)24-20(25)23-11-16-9-21(2,13-23)12-22(3,10-16)14-23/h6-8,15-16H,9-14H2,1-5H3,(H,24,25). The van der Waals surface area contributed by atoms with Crippen molar-refractivity contribution in [2.24, 2.45) is 22.2 Å². The molecule has 0 spiro atoms. The summed E-state index contributed by atoms with van der Waals surface area (Å²) in [5.41, 5.74) is 1.56. The molecule has 1 N–H and O–H groups in total. The first-order chi connectivity index (χ1) is 12.7. The number of ether oxygens (including phenoxy) is 2. The minimum Gasteiger partial charge on any atom is -0.493 e. The summed E-state index contributed by atoms with van der Waals surface area (Å²) in [6, 6.07) is 5.83. The van der Waals surface area contributed by atoms with Crippen LogP contribution in [0.15, 0.2) is 18.2 Å². The summed E-state index contributed by atoms with van der Waals surface area (Å²) in [6.07, 6.45) is 7.08. The highest BCUT2D eigenvalue weighted by Gasteiger charge is 2.62. The molecule has 148 valence electrons. The van der Waals surface area contributed by atoms with Crippen LogP contribution in [0.3, 0.4) is 0 Å². The average molecular weight is 372 g/mol. The van der Waals surface area contributed by atoms with Gasteiger partial charge in [0.25, 0.3) is 0 Å². The number of rotatable bonds is 5. The minimum absolute atomic E-state index is 0.0501. The first-order valence-electron chi connectivity index (χ1n) is 10.2. The topological polar surface area (TPSA) is 47.6 Å². The smallest absolute Gasteiger partial charge is 0.226 e. The highest BCUT2D eigenvalue weighted by Crippen LogP contribution is 2.69. The second-order valence-corrected chi connectivity index (χ2v) is 10.2. The van der Waals surface area contributed by atoms with Gasteiger partial charge < -0.3 is 14.8 Å². The van der Waals surface area contributed by atoms with E-state index in [1.165, 1.54) is 19.3 Å². The monoisotopic (exact) mass is 371 g/mol. The van der Waals surface area contributed by atoms with E-state index in [0.29, 0.717) is 22.3 Å². The Kier molecular flexibility index (Phi) is 4.25. The van der Waals surface area contributed by atoms with E-state index in [-0.39, 0.29) is 17.4 Å². The molecule has 4 fully saturated rings. The summed E-state index contributed by atoms with van der Waals surface area (Å²) in [7, 11) is 3.28. The number of benzene rings is 1. The van der Waals surface area contributed by atoms with Crippen molar-refractivity contribution in [1.82, 2.24) is 5.32 Å². The van der Waals surface area contributed by atoms with Gasteiger partial charge in [0.05, 0.1) is 25.7 Å². The predicted molar refractivity (Wildman–Crippen MR) is 106 cm³/mol. The van der Waals surface area contributed by atoms with Crippen molar-refractivity contribution in [3.8, 4) is 11.5 Å². The summed E-state index contributed by atoms with van der Waals surface area (Å²) in [6.45, 7) is 6.88. The Morgan fingerprint density at radius 3 is 2.22 bits per heavy atom. The van der Waals surface area contributed by atoms with E-state index in [1.807, 2.05) is 18.2 Å². The van der Waals surface area contributed by atoms with Gasteiger partial charge in [0.2, 0.25) is 5.91 Å². The maximum Gasteiger partial charge on any atom is 0.226 e. The molecule has 0 aliphatic heterocycles. The van der Waals surface area contributed by atoms with Crippen molar-refractivity contribution >= 4 is 5.91 Å². The largest absolute Gasteiger partial charge is 0.493 e. The zero-order chi connectivity index (χ0) is 19.4. The molecule has 4 bridgehead atoms. The Balaban J connectivity index is 1.54. The summed E-state index contributed by atoms with van der Waals surface area (Å²) in [5, 5.41) is 3.34. The van der Waals surface area contributed by atoms with E-state index in [0.717, 1.165) is 30.7 Å². The second kappa shape index (κ2) is 6.15. The van der Waals surface area contributed by atoms with Gasteiger partial charge in [0.15, 0.2) is 11.5 Å². The lowest BCUT2D eigenvalue weighted by Crippen LogP contribution is -2.60. The van der Waals surface area contributed by atoms with Crippen LogP contribution in [0.4, 0.5) is 0 Å². The number of nitrogens with one attached hydrogen (secondary N) is 1. The van der Waals surface area contributed by atoms with E-state index in [1.54, 1.807) is 14.2 Å². The maximum atomic E-state index is 13.5. The van der Waals surface area contributed by atoms with Crippen molar-refractivity contribution < 1.29 is 14.3 Å². The van der Waals surface area contributed by atoms with Gasteiger partial charge in [-0.05, 0) is 79.9 Å². The van der Waals surface area contributed by atoms with Gasteiger partial charge in [0.1, 0.15) is 0 Å². The molecule has 1 amide bonds. The van der Waals surface area contributed by atoms with Crippen molar-refractivity contribution in [1.29, 1.82) is 0 Å². The van der Waals surface area contributed by atoms with E-state index in [2.05, 4.69) is 26.1 Å². The average Bonchev–Trinajstić information content (AvgIpc) is 2.57. The number of amides is 1. The Labute approximate surface area is 163 Å². The third-order valence-electron chi connectivity index (χ3n) is 7.36. The van der Waals surface area contributed by atoms with Crippen LogP contribution in [0.5, 0.6) is 11.5 Å². The third-order valence-corrected chi connectivity index (χ3v) is 7.36. The molecule has 0 aromatic heterocycles. The molecule has 0 saturated heterocycles. The Morgan fingerprint density at radius 2 is 1.67 bits per heavy atom. The van der Waals surface area contributed by atoms with Crippen molar-refractivity contribution in [3.63, 3.8) is 0 Å². The Hall–Kier alpha value is -1.71. The fraction of sp³-hybridized carbons (Fsp3) is 0.696. The number of methoxy groups -OCH3 is 2. The first-order valence-corrected chi connectivity index (χ1v) is 10.2. The van der Waals surface area contributed by atoms with Crippen LogP contribution in [0.1, 0.15) is 70.9 Å². The van der Waals surface area contributed by atoms with E-state index >= 15 is 0 Å². The van der Waals surface area contributed by atoms with Gasteiger partial charge in [-0.1, -0.05) is 19.9 Å². The number of carbonyl (C=O) groups is 1. The van der Waals surface area contributed by atoms with Gasteiger partial charge in [-0.3, -0.25) is 4.79 Å². The fourth-order valence-electron chi connectivity index (χ4n) is 7.26. The number of carbonyl (C=O) groups excluding carboxylic acids is 1. The molecular formula is C23H33NO3. The zero-order valence-electron chi connectivity index (χ0n) is 17.4. The predicted octanol–water partition coefficient (Wildman–Crippen LogP) is 4.88. The van der Waals surface area contributed by atoms with E-state index in [4.69, 9.17) is 9.47 Å². The highest BCUT2D eigenvalue weighted by atomic mass is 16.5. The van der Waals surface area contributed by atoms with Crippen LogP contribution >= 0.6 is 0 Å². The maximum absolute atomic E-state index is 13.5. The Bertz CT molecular complexity index is 740. The molecule has 0 heterocycles. The lowest BCUT2D eigenvalue weighted by atomic mass is 9.40. The van der Waals surface area contributed by atoms with Crippen LogP contribution in [0, 0.1) is 22.2 Å². The van der Waals surface area contributed by atoms with Gasteiger partial charge in [-0.2, -0.15) is 0 Å². The zero-order valence-corrected chi connectivity index (χ0v) is 17.4. The van der Waals surface area contributed by atoms with Crippen LogP contribution in [-0.2, 0) is 4.79 Å². The molecule has 3 unspecified atom stereocenters. The van der Waals surface area contributed by atoms with Crippen LogP contribution < -0.4 is 14.8 Å². The van der Waals surface area contributed by atoms with Crippen LogP contribution in [0.2, 0.25) is 0 Å². The van der Waals surface area contributed by atoms with Gasteiger partial charge in [-0.15, -0.1) is 0 Å². The molecule has 0 radical (unpaired) electrons. The molecule has 3 atom stereocenters. The Morgan fingerprint density at radius 1 is 1.04 bits per heavy atom. The number of hydrogen-bond acceptors (Lipinski definition) is 3. The second-order valence-electron chi connectivity index (χ2n) is 10.2.